The van der Waals surface area contributed by atoms with E-state index in [0.717, 1.165) is 16.6 Å². The molecule has 0 aliphatic rings. The fraction of sp³-hybridized carbons (Fsp3) is 0.0714. The minimum Gasteiger partial charge on any atom is -0.472 e. The maximum Gasteiger partial charge on any atom is 0.214 e. The first kappa shape index (κ1) is 11.0. The van der Waals surface area contributed by atoms with Crippen LogP contribution in [0.5, 0.6) is 5.88 Å². The summed E-state index contributed by atoms with van der Waals surface area (Å²) in [6.45, 7) is 0.561. The van der Waals surface area contributed by atoms with Gasteiger partial charge in [-0.15, -0.1) is 11.3 Å². The number of aromatic nitrogens is 1. The van der Waals surface area contributed by atoms with Crippen molar-refractivity contribution < 1.29 is 4.74 Å². The Labute approximate surface area is 109 Å². The van der Waals surface area contributed by atoms with E-state index < -0.39 is 0 Å². The highest BCUT2D eigenvalue weighted by Gasteiger charge is 2.01. The van der Waals surface area contributed by atoms with E-state index >= 15 is 0 Å². The second-order valence-corrected chi connectivity index (χ2v) is 5.00. The molecule has 4 heteroatoms. The lowest BCUT2D eigenvalue weighted by molar-refractivity contribution is 0.298. The molecule has 0 unspecified atom stereocenters. The van der Waals surface area contributed by atoms with Crippen LogP contribution in [0.2, 0.25) is 0 Å². The molecule has 3 nitrogen and oxygen atoms in total. The second-order valence-electron chi connectivity index (χ2n) is 3.97. The molecule has 3 rings (SSSR count). The average Bonchev–Trinajstić information content (AvgIpc) is 2.89. The van der Waals surface area contributed by atoms with Crippen LogP contribution in [0.4, 0.5) is 5.69 Å². The smallest absolute Gasteiger partial charge is 0.214 e. The number of ether oxygens (including phenoxy) is 1. The number of hydrogen-bond donors (Lipinski definition) is 1. The average molecular weight is 256 g/mol. The summed E-state index contributed by atoms with van der Waals surface area (Å²) in [7, 11) is 0. The Bertz CT molecular complexity index is 665. The minimum absolute atomic E-state index is 0.561. The predicted octanol–water partition coefficient (Wildman–Crippen LogP) is 3.46. The summed E-state index contributed by atoms with van der Waals surface area (Å²) in [5.74, 6) is 0.640. The van der Waals surface area contributed by atoms with Gasteiger partial charge in [-0.1, -0.05) is 6.07 Å². The number of rotatable bonds is 3. The van der Waals surface area contributed by atoms with Crippen LogP contribution in [0.15, 0.2) is 47.8 Å². The number of hydrogen-bond acceptors (Lipinski definition) is 4. The van der Waals surface area contributed by atoms with E-state index in [1.807, 2.05) is 47.8 Å². The van der Waals surface area contributed by atoms with Gasteiger partial charge in [0.1, 0.15) is 6.61 Å². The Balaban J connectivity index is 1.82. The monoisotopic (exact) mass is 256 g/mol. The Morgan fingerprint density at radius 2 is 2.11 bits per heavy atom. The zero-order chi connectivity index (χ0) is 12.4. The summed E-state index contributed by atoms with van der Waals surface area (Å²) in [4.78, 5) is 5.63. The number of thiophene rings is 1. The predicted molar refractivity (Wildman–Crippen MR) is 74.8 cm³/mol. The van der Waals surface area contributed by atoms with Gasteiger partial charge in [0, 0.05) is 22.0 Å². The Morgan fingerprint density at radius 3 is 2.94 bits per heavy atom. The van der Waals surface area contributed by atoms with Gasteiger partial charge < -0.3 is 10.5 Å². The number of fused-ring (bicyclic) bond motifs is 1. The summed E-state index contributed by atoms with van der Waals surface area (Å²) < 4.78 is 5.66. The van der Waals surface area contributed by atoms with Crippen molar-refractivity contribution >= 4 is 27.9 Å². The molecular weight excluding hydrogens is 244 g/mol. The van der Waals surface area contributed by atoms with Crippen molar-refractivity contribution in [1.29, 1.82) is 0 Å². The molecule has 0 saturated carbocycles. The molecule has 0 aliphatic carbocycles. The van der Waals surface area contributed by atoms with Crippen LogP contribution >= 0.6 is 11.3 Å². The van der Waals surface area contributed by atoms with Crippen molar-refractivity contribution in [1.82, 2.24) is 4.98 Å². The number of pyridine rings is 1. The van der Waals surface area contributed by atoms with Gasteiger partial charge in [0.25, 0.3) is 0 Å². The molecule has 2 heterocycles. The van der Waals surface area contributed by atoms with Gasteiger partial charge in [-0.2, -0.15) is 0 Å². The van der Waals surface area contributed by atoms with Gasteiger partial charge in [-0.3, -0.25) is 0 Å². The van der Waals surface area contributed by atoms with Crippen molar-refractivity contribution in [2.24, 2.45) is 0 Å². The third-order valence-electron chi connectivity index (χ3n) is 2.63. The van der Waals surface area contributed by atoms with Crippen LogP contribution in [-0.4, -0.2) is 4.98 Å². The topological polar surface area (TPSA) is 48.1 Å². The van der Waals surface area contributed by atoms with Gasteiger partial charge in [0.15, 0.2) is 0 Å². The Kier molecular flexibility index (Phi) is 2.86. The van der Waals surface area contributed by atoms with E-state index in [4.69, 9.17) is 10.5 Å². The first-order chi connectivity index (χ1) is 8.81. The molecule has 0 radical (unpaired) electrons. The zero-order valence-electron chi connectivity index (χ0n) is 9.67. The van der Waals surface area contributed by atoms with Crippen LogP contribution in [0.25, 0.3) is 10.9 Å². The lowest BCUT2D eigenvalue weighted by Gasteiger charge is -2.05. The number of nitrogens with zero attached hydrogens (tertiary/aromatic N) is 1. The first-order valence-electron chi connectivity index (χ1n) is 5.63. The van der Waals surface area contributed by atoms with Crippen molar-refractivity contribution in [2.75, 3.05) is 5.73 Å². The lowest BCUT2D eigenvalue weighted by Crippen LogP contribution is -1.95. The molecule has 2 aromatic heterocycles. The second kappa shape index (κ2) is 4.66. The summed E-state index contributed by atoms with van der Waals surface area (Å²) in [5.41, 5.74) is 7.37. The van der Waals surface area contributed by atoms with E-state index in [0.29, 0.717) is 12.5 Å². The number of nitrogens with two attached hydrogens (primary N) is 1. The molecule has 0 amide bonds. The van der Waals surface area contributed by atoms with Crippen molar-refractivity contribution in [3.8, 4) is 5.88 Å². The fourth-order valence-electron chi connectivity index (χ4n) is 1.75. The summed E-state index contributed by atoms with van der Waals surface area (Å²) in [6, 6.07) is 13.6. The van der Waals surface area contributed by atoms with E-state index in [-0.39, 0.29) is 0 Å². The third kappa shape index (κ3) is 2.28. The number of anilines is 1. The van der Waals surface area contributed by atoms with E-state index in [1.54, 1.807) is 11.3 Å². The maximum absolute atomic E-state index is 5.73. The van der Waals surface area contributed by atoms with Crippen molar-refractivity contribution in [3.05, 3.63) is 52.7 Å². The molecule has 0 atom stereocenters. The van der Waals surface area contributed by atoms with Crippen LogP contribution in [0.1, 0.15) is 4.88 Å². The van der Waals surface area contributed by atoms with Gasteiger partial charge in [0.2, 0.25) is 5.88 Å². The molecule has 0 fully saturated rings. The minimum atomic E-state index is 0.561. The van der Waals surface area contributed by atoms with E-state index in [1.165, 1.54) is 4.88 Å². The number of benzene rings is 1. The van der Waals surface area contributed by atoms with Gasteiger partial charge in [-0.05, 0) is 35.7 Å². The van der Waals surface area contributed by atoms with Crippen LogP contribution < -0.4 is 10.5 Å². The van der Waals surface area contributed by atoms with Crippen LogP contribution in [0, 0.1) is 0 Å². The number of nitrogen functional groups attached to an aromatic ring is 1. The third-order valence-corrected chi connectivity index (χ3v) is 3.48. The summed E-state index contributed by atoms with van der Waals surface area (Å²) >= 11 is 1.68. The van der Waals surface area contributed by atoms with Crippen molar-refractivity contribution in [2.45, 2.75) is 6.61 Å². The highest BCUT2D eigenvalue weighted by molar-refractivity contribution is 7.09. The van der Waals surface area contributed by atoms with Gasteiger partial charge in [-0.25, -0.2) is 4.98 Å². The fourth-order valence-corrected chi connectivity index (χ4v) is 2.36. The maximum atomic E-state index is 5.73. The normalized spacial score (nSPS) is 10.7. The molecule has 0 bridgehead atoms. The van der Waals surface area contributed by atoms with Crippen LogP contribution in [0.3, 0.4) is 0 Å². The highest BCUT2D eigenvalue weighted by Crippen LogP contribution is 2.20. The van der Waals surface area contributed by atoms with Gasteiger partial charge in [0.05, 0.1) is 5.52 Å². The standard InChI is InChI=1S/C14H12N2OS/c15-11-4-5-13-10(8-11)3-6-14(16-13)17-9-12-2-1-7-18-12/h1-8H,9,15H2. The molecule has 90 valence electrons. The molecule has 0 aliphatic heterocycles. The van der Waals surface area contributed by atoms with Crippen LogP contribution in [-0.2, 0) is 6.61 Å². The SMILES string of the molecule is Nc1ccc2nc(OCc3cccs3)ccc2c1. The van der Waals surface area contributed by atoms with Gasteiger partial charge >= 0.3 is 0 Å². The Morgan fingerprint density at radius 1 is 1.17 bits per heavy atom. The molecule has 0 saturated heterocycles. The largest absolute Gasteiger partial charge is 0.472 e. The molecule has 0 spiro atoms. The van der Waals surface area contributed by atoms with E-state index in [9.17, 15) is 0 Å². The molecule has 3 aromatic rings. The van der Waals surface area contributed by atoms with Crippen molar-refractivity contribution in [3.63, 3.8) is 0 Å². The molecule has 2 N–H and O–H groups in total. The summed E-state index contributed by atoms with van der Waals surface area (Å²) in [5, 5.41) is 3.06. The molecule has 1 aromatic carbocycles. The lowest BCUT2D eigenvalue weighted by atomic mass is 10.2. The molecule has 18 heavy (non-hydrogen) atoms. The quantitative estimate of drug-likeness (QED) is 0.730. The zero-order valence-corrected chi connectivity index (χ0v) is 10.5. The Hall–Kier alpha value is -2.07. The van der Waals surface area contributed by atoms with E-state index in [2.05, 4.69) is 4.98 Å². The first-order valence-corrected chi connectivity index (χ1v) is 6.51. The molecular formula is C14H12N2OS. The summed E-state index contributed by atoms with van der Waals surface area (Å²) in [6.07, 6.45) is 0. The highest BCUT2D eigenvalue weighted by atomic mass is 32.1.